The highest BCUT2D eigenvalue weighted by atomic mass is 16.5. The predicted molar refractivity (Wildman–Crippen MR) is 114 cm³/mol. The SMILES string of the molecule is COC(=O)C1=CN(C2CCCCC2)C=C(C(=O)OC)C1c1ccc(OC(C)C)cc1. The molecule has 0 aromatic heterocycles. The number of esters is 2. The van der Waals surface area contributed by atoms with Crippen molar-refractivity contribution in [1.29, 1.82) is 0 Å². The molecule has 1 fully saturated rings. The molecule has 1 aromatic rings. The van der Waals surface area contributed by atoms with Gasteiger partial charge in [-0.2, -0.15) is 0 Å². The second-order valence-corrected chi connectivity index (χ2v) is 8.06. The lowest BCUT2D eigenvalue weighted by molar-refractivity contribution is -0.137. The van der Waals surface area contributed by atoms with E-state index in [2.05, 4.69) is 0 Å². The average Bonchev–Trinajstić information content (AvgIpc) is 2.78. The van der Waals surface area contributed by atoms with Gasteiger partial charge in [-0.3, -0.25) is 0 Å². The van der Waals surface area contributed by atoms with Crippen molar-refractivity contribution in [1.82, 2.24) is 4.90 Å². The zero-order chi connectivity index (χ0) is 21.7. The lowest BCUT2D eigenvalue weighted by Gasteiger charge is -2.36. The number of nitrogens with zero attached hydrogens (tertiary/aromatic N) is 1. The van der Waals surface area contributed by atoms with Crippen LogP contribution >= 0.6 is 0 Å². The van der Waals surface area contributed by atoms with E-state index in [9.17, 15) is 9.59 Å². The summed E-state index contributed by atoms with van der Waals surface area (Å²) in [6.45, 7) is 3.93. The number of benzene rings is 1. The van der Waals surface area contributed by atoms with E-state index in [0.29, 0.717) is 11.1 Å². The molecule has 0 amide bonds. The molecule has 0 N–H and O–H groups in total. The fourth-order valence-corrected chi connectivity index (χ4v) is 4.21. The van der Waals surface area contributed by atoms with Gasteiger partial charge in [-0.1, -0.05) is 31.4 Å². The van der Waals surface area contributed by atoms with E-state index in [-0.39, 0.29) is 12.1 Å². The van der Waals surface area contributed by atoms with Crippen molar-refractivity contribution >= 4 is 11.9 Å². The first-order valence-corrected chi connectivity index (χ1v) is 10.6. The third-order valence-corrected chi connectivity index (χ3v) is 5.62. The molecule has 162 valence electrons. The molecule has 30 heavy (non-hydrogen) atoms. The van der Waals surface area contributed by atoms with Crippen molar-refractivity contribution in [3.8, 4) is 5.75 Å². The number of ether oxygens (including phenoxy) is 3. The average molecular weight is 414 g/mol. The van der Waals surface area contributed by atoms with E-state index in [4.69, 9.17) is 14.2 Å². The standard InChI is InChI=1S/C24H31NO5/c1-16(2)30-19-12-10-17(11-13-19)22-20(23(26)28-3)14-25(15-21(22)24(27)29-4)18-8-6-5-7-9-18/h10-16,18,22H,5-9H2,1-4H3. The zero-order valence-electron chi connectivity index (χ0n) is 18.2. The molecular weight excluding hydrogens is 382 g/mol. The van der Waals surface area contributed by atoms with Crippen LogP contribution in [0.15, 0.2) is 47.8 Å². The quantitative estimate of drug-likeness (QED) is 0.647. The Morgan fingerprint density at radius 2 is 1.43 bits per heavy atom. The van der Waals surface area contributed by atoms with Crippen molar-refractivity contribution in [3.05, 3.63) is 53.4 Å². The van der Waals surface area contributed by atoms with Crippen LogP contribution in [0.3, 0.4) is 0 Å². The van der Waals surface area contributed by atoms with E-state index in [1.165, 1.54) is 20.6 Å². The van der Waals surface area contributed by atoms with E-state index in [1.54, 1.807) is 0 Å². The van der Waals surface area contributed by atoms with Crippen LogP contribution in [0.5, 0.6) is 5.75 Å². The summed E-state index contributed by atoms with van der Waals surface area (Å²) in [7, 11) is 2.72. The van der Waals surface area contributed by atoms with Crippen LogP contribution in [0.1, 0.15) is 57.4 Å². The maximum atomic E-state index is 12.7. The smallest absolute Gasteiger partial charge is 0.336 e. The molecule has 6 heteroatoms. The zero-order valence-corrected chi connectivity index (χ0v) is 18.2. The molecular formula is C24H31NO5. The number of methoxy groups -OCH3 is 2. The van der Waals surface area contributed by atoms with Gasteiger partial charge in [0.05, 0.1) is 37.4 Å². The summed E-state index contributed by atoms with van der Waals surface area (Å²) in [5.41, 5.74) is 1.68. The first-order chi connectivity index (χ1) is 14.4. The summed E-state index contributed by atoms with van der Waals surface area (Å²) in [5.74, 6) is -0.714. The van der Waals surface area contributed by atoms with Crippen molar-refractivity contribution in [2.45, 2.75) is 64.0 Å². The first-order valence-electron chi connectivity index (χ1n) is 10.6. The number of carbonyl (C=O) groups excluding carboxylic acids is 2. The van der Waals surface area contributed by atoms with Crippen LogP contribution in [0, 0.1) is 0 Å². The topological polar surface area (TPSA) is 65.1 Å². The van der Waals surface area contributed by atoms with Gasteiger partial charge in [0.2, 0.25) is 0 Å². The fraction of sp³-hybridized carbons (Fsp3) is 0.500. The molecule has 0 radical (unpaired) electrons. The lowest BCUT2D eigenvalue weighted by Crippen LogP contribution is -2.35. The van der Waals surface area contributed by atoms with Crippen molar-refractivity contribution < 1.29 is 23.8 Å². The third-order valence-electron chi connectivity index (χ3n) is 5.62. The number of carbonyl (C=O) groups is 2. The highest BCUT2D eigenvalue weighted by Crippen LogP contribution is 2.39. The Morgan fingerprint density at radius 3 is 1.90 bits per heavy atom. The molecule has 0 bridgehead atoms. The van der Waals surface area contributed by atoms with Crippen LogP contribution < -0.4 is 4.74 Å². The van der Waals surface area contributed by atoms with Gasteiger partial charge in [0.1, 0.15) is 5.75 Å². The molecule has 3 rings (SSSR count). The van der Waals surface area contributed by atoms with Crippen LogP contribution in [0.4, 0.5) is 0 Å². The van der Waals surface area contributed by atoms with E-state index >= 15 is 0 Å². The summed E-state index contributed by atoms with van der Waals surface area (Å²) in [4.78, 5) is 27.5. The Morgan fingerprint density at radius 1 is 0.900 bits per heavy atom. The molecule has 2 aliphatic rings. The van der Waals surface area contributed by atoms with Gasteiger partial charge < -0.3 is 19.1 Å². The normalized spacial score (nSPS) is 18.0. The molecule has 1 heterocycles. The molecule has 0 spiro atoms. The van der Waals surface area contributed by atoms with Gasteiger partial charge >= 0.3 is 11.9 Å². The van der Waals surface area contributed by atoms with Crippen molar-refractivity contribution in [2.24, 2.45) is 0 Å². The lowest BCUT2D eigenvalue weighted by atomic mass is 9.82. The molecule has 1 aliphatic heterocycles. The van der Waals surface area contributed by atoms with Gasteiger partial charge in [0.15, 0.2) is 0 Å². The number of hydrogen-bond acceptors (Lipinski definition) is 6. The molecule has 1 aliphatic carbocycles. The van der Waals surface area contributed by atoms with Gasteiger partial charge in [-0.25, -0.2) is 9.59 Å². The molecule has 0 atom stereocenters. The Bertz CT molecular complexity index is 785. The Kier molecular flexibility index (Phi) is 7.19. The Balaban J connectivity index is 2.02. The van der Waals surface area contributed by atoms with E-state index in [1.807, 2.05) is 55.4 Å². The number of hydrogen-bond donors (Lipinski definition) is 0. The molecule has 0 unspecified atom stereocenters. The monoisotopic (exact) mass is 413 g/mol. The Hall–Kier alpha value is -2.76. The third kappa shape index (κ3) is 4.86. The summed E-state index contributed by atoms with van der Waals surface area (Å²) >= 11 is 0. The van der Waals surface area contributed by atoms with Gasteiger partial charge in [0, 0.05) is 18.4 Å². The molecule has 1 saturated carbocycles. The van der Waals surface area contributed by atoms with Crippen LogP contribution in [0.25, 0.3) is 0 Å². The van der Waals surface area contributed by atoms with Crippen LogP contribution in [0.2, 0.25) is 0 Å². The Labute approximate surface area is 178 Å². The number of rotatable bonds is 6. The maximum absolute atomic E-state index is 12.7. The molecule has 1 aromatic carbocycles. The summed E-state index contributed by atoms with van der Waals surface area (Å²) in [6, 6.07) is 7.73. The minimum absolute atomic E-state index is 0.0608. The highest BCUT2D eigenvalue weighted by molar-refractivity contribution is 5.98. The largest absolute Gasteiger partial charge is 0.491 e. The minimum atomic E-state index is -0.558. The van der Waals surface area contributed by atoms with Gasteiger partial charge in [-0.05, 0) is 44.4 Å². The van der Waals surface area contributed by atoms with Crippen LogP contribution in [-0.2, 0) is 19.1 Å². The second kappa shape index (κ2) is 9.83. The van der Waals surface area contributed by atoms with Gasteiger partial charge in [-0.15, -0.1) is 0 Å². The summed E-state index contributed by atoms with van der Waals surface area (Å²) in [6.07, 6.45) is 9.32. The second-order valence-electron chi connectivity index (χ2n) is 8.06. The van der Waals surface area contributed by atoms with Gasteiger partial charge in [0.25, 0.3) is 0 Å². The maximum Gasteiger partial charge on any atom is 0.336 e. The predicted octanol–water partition coefficient (Wildman–Crippen LogP) is 4.32. The van der Waals surface area contributed by atoms with Crippen LogP contribution in [-0.4, -0.2) is 43.2 Å². The summed E-state index contributed by atoms with van der Waals surface area (Å²) < 4.78 is 15.9. The van der Waals surface area contributed by atoms with E-state index in [0.717, 1.165) is 37.0 Å². The van der Waals surface area contributed by atoms with E-state index < -0.39 is 17.9 Å². The molecule has 6 nitrogen and oxygen atoms in total. The first kappa shape index (κ1) is 21.9. The minimum Gasteiger partial charge on any atom is -0.491 e. The van der Waals surface area contributed by atoms with Crippen molar-refractivity contribution in [3.63, 3.8) is 0 Å². The van der Waals surface area contributed by atoms with Crippen molar-refractivity contribution in [2.75, 3.05) is 14.2 Å². The highest BCUT2D eigenvalue weighted by Gasteiger charge is 2.36. The molecule has 0 saturated heterocycles. The summed E-state index contributed by atoms with van der Waals surface area (Å²) in [5, 5.41) is 0. The fourth-order valence-electron chi connectivity index (χ4n) is 4.21.